The van der Waals surface area contributed by atoms with E-state index in [-0.39, 0.29) is 17.1 Å². The topological polar surface area (TPSA) is 76.8 Å². The van der Waals surface area contributed by atoms with E-state index < -0.39 is 11.6 Å². The molecule has 0 unspecified atom stereocenters. The Bertz CT molecular complexity index is 836. The molecule has 0 N–H and O–H groups in total. The maximum atomic E-state index is 11.9. The Morgan fingerprint density at radius 2 is 2.05 bits per heavy atom. The molecule has 0 atom stereocenters. The summed E-state index contributed by atoms with van der Waals surface area (Å²) in [6.45, 7) is 2.13. The van der Waals surface area contributed by atoms with Crippen LogP contribution in [0.2, 0.25) is 0 Å². The van der Waals surface area contributed by atoms with Gasteiger partial charge in [0.2, 0.25) is 5.91 Å². The van der Waals surface area contributed by atoms with Crippen LogP contribution in [0.4, 0.5) is 5.69 Å². The highest BCUT2D eigenvalue weighted by molar-refractivity contribution is 6.04. The summed E-state index contributed by atoms with van der Waals surface area (Å²) in [5.41, 5.74) is 1.51. The molecule has 0 saturated carbocycles. The van der Waals surface area contributed by atoms with Crippen LogP contribution in [0.3, 0.4) is 0 Å². The molecule has 3 rings (SSSR count). The number of rotatable bonds is 1. The van der Waals surface area contributed by atoms with Gasteiger partial charge in [-0.1, -0.05) is 0 Å². The van der Waals surface area contributed by atoms with E-state index in [4.69, 9.17) is 9.15 Å². The lowest BCUT2D eigenvalue weighted by Crippen LogP contribution is -2.33. The second-order valence-electron chi connectivity index (χ2n) is 5.22. The van der Waals surface area contributed by atoms with Gasteiger partial charge in [0.05, 0.1) is 18.4 Å². The van der Waals surface area contributed by atoms with Crippen molar-refractivity contribution in [3.05, 3.63) is 39.7 Å². The van der Waals surface area contributed by atoms with Gasteiger partial charge in [0.25, 0.3) is 0 Å². The van der Waals surface area contributed by atoms with Crippen molar-refractivity contribution in [3.63, 3.8) is 0 Å². The third kappa shape index (κ3) is 2.26. The molecule has 0 fully saturated rings. The van der Waals surface area contributed by atoms with Gasteiger partial charge in [-0.05, 0) is 24.5 Å². The van der Waals surface area contributed by atoms with Crippen molar-refractivity contribution in [1.82, 2.24) is 0 Å². The van der Waals surface area contributed by atoms with E-state index in [1.807, 2.05) is 0 Å². The molecule has 0 saturated heterocycles. The van der Waals surface area contributed by atoms with Crippen LogP contribution in [0, 0.1) is 0 Å². The standard InChI is InChI=1S/C16H15NO5/c1-9(18)17-5-3-4-10-6-11-12(16(20)21-2)7-15(19)22-14(11)8-13(10)17/h6-8H,3-5H2,1-2H3. The minimum absolute atomic E-state index is 0.0632. The zero-order valence-corrected chi connectivity index (χ0v) is 12.3. The summed E-state index contributed by atoms with van der Waals surface area (Å²) in [6, 6.07) is 4.58. The first-order chi connectivity index (χ1) is 10.5. The monoisotopic (exact) mass is 301 g/mol. The van der Waals surface area contributed by atoms with Gasteiger partial charge in [0.15, 0.2) is 0 Å². The van der Waals surface area contributed by atoms with Crippen LogP contribution in [0.5, 0.6) is 0 Å². The Labute approximate surface area is 126 Å². The molecule has 1 aliphatic heterocycles. The molecule has 1 aromatic carbocycles. The third-order valence-corrected chi connectivity index (χ3v) is 3.85. The summed E-state index contributed by atoms with van der Waals surface area (Å²) in [7, 11) is 1.26. The number of amides is 1. The van der Waals surface area contributed by atoms with Crippen molar-refractivity contribution < 1.29 is 18.7 Å². The second-order valence-corrected chi connectivity index (χ2v) is 5.22. The number of esters is 1. The highest BCUT2D eigenvalue weighted by Gasteiger charge is 2.23. The number of hydrogen-bond acceptors (Lipinski definition) is 5. The first kappa shape index (κ1) is 14.3. The van der Waals surface area contributed by atoms with E-state index in [1.54, 1.807) is 17.0 Å². The SMILES string of the molecule is COC(=O)c1cc(=O)oc2cc3c(cc12)CCCN3C(C)=O. The van der Waals surface area contributed by atoms with E-state index >= 15 is 0 Å². The van der Waals surface area contributed by atoms with E-state index in [1.165, 1.54) is 14.0 Å². The minimum Gasteiger partial charge on any atom is -0.465 e. The summed E-state index contributed by atoms with van der Waals surface area (Å²) in [6.07, 6.45) is 1.65. The number of fused-ring (bicyclic) bond motifs is 2. The number of aryl methyl sites for hydroxylation is 1. The van der Waals surface area contributed by atoms with Crippen molar-refractivity contribution >= 4 is 28.5 Å². The lowest BCUT2D eigenvalue weighted by Gasteiger charge is -2.28. The summed E-state index contributed by atoms with van der Waals surface area (Å²) in [4.78, 5) is 36.9. The smallest absolute Gasteiger partial charge is 0.338 e. The van der Waals surface area contributed by atoms with Gasteiger partial charge in [-0.2, -0.15) is 0 Å². The fourth-order valence-electron chi connectivity index (χ4n) is 2.85. The lowest BCUT2D eigenvalue weighted by molar-refractivity contribution is -0.116. The summed E-state index contributed by atoms with van der Waals surface area (Å²) >= 11 is 0. The summed E-state index contributed by atoms with van der Waals surface area (Å²) in [5, 5.41) is 0.524. The van der Waals surface area contributed by atoms with Gasteiger partial charge in [0, 0.05) is 31.0 Å². The van der Waals surface area contributed by atoms with Crippen molar-refractivity contribution in [2.24, 2.45) is 0 Å². The van der Waals surface area contributed by atoms with Crippen LogP contribution in [0.25, 0.3) is 11.0 Å². The Morgan fingerprint density at radius 3 is 2.73 bits per heavy atom. The predicted octanol–water partition coefficient (Wildman–Crippen LogP) is 1.88. The first-order valence-corrected chi connectivity index (χ1v) is 6.98. The van der Waals surface area contributed by atoms with Crippen LogP contribution in [0.1, 0.15) is 29.3 Å². The number of nitrogens with zero attached hydrogens (tertiary/aromatic N) is 1. The highest BCUT2D eigenvalue weighted by atomic mass is 16.5. The van der Waals surface area contributed by atoms with Crippen molar-refractivity contribution in [3.8, 4) is 0 Å². The minimum atomic E-state index is -0.627. The van der Waals surface area contributed by atoms with Gasteiger partial charge in [-0.15, -0.1) is 0 Å². The van der Waals surface area contributed by atoms with Crippen molar-refractivity contribution in [2.45, 2.75) is 19.8 Å². The molecule has 114 valence electrons. The number of ether oxygens (including phenoxy) is 1. The van der Waals surface area contributed by atoms with Gasteiger partial charge in [0.1, 0.15) is 5.58 Å². The zero-order chi connectivity index (χ0) is 15.9. The van der Waals surface area contributed by atoms with Crippen LogP contribution in [-0.2, 0) is 16.0 Å². The Hall–Kier alpha value is -2.63. The normalized spacial score (nSPS) is 13.8. The molecule has 2 aromatic rings. The van der Waals surface area contributed by atoms with Crippen LogP contribution in [-0.4, -0.2) is 25.5 Å². The highest BCUT2D eigenvalue weighted by Crippen LogP contribution is 2.32. The largest absolute Gasteiger partial charge is 0.465 e. The Morgan fingerprint density at radius 1 is 1.27 bits per heavy atom. The fourth-order valence-corrected chi connectivity index (χ4v) is 2.85. The number of hydrogen-bond donors (Lipinski definition) is 0. The van der Waals surface area contributed by atoms with E-state index in [2.05, 4.69) is 0 Å². The molecule has 1 aromatic heterocycles. The average Bonchev–Trinajstić information content (AvgIpc) is 2.50. The van der Waals surface area contributed by atoms with E-state index in [0.29, 0.717) is 11.9 Å². The van der Waals surface area contributed by atoms with Crippen LogP contribution in [0.15, 0.2) is 27.4 Å². The lowest BCUT2D eigenvalue weighted by atomic mass is 9.98. The number of carbonyl (C=O) groups excluding carboxylic acids is 2. The van der Waals surface area contributed by atoms with Gasteiger partial charge in [-0.3, -0.25) is 4.79 Å². The molecule has 0 aliphatic carbocycles. The second kappa shape index (κ2) is 5.29. The summed E-state index contributed by atoms with van der Waals surface area (Å²) in [5.74, 6) is -0.649. The third-order valence-electron chi connectivity index (χ3n) is 3.85. The molecule has 1 aliphatic rings. The summed E-state index contributed by atoms with van der Waals surface area (Å²) < 4.78 is 9.91. The van der Waals surface area contributed by atoms with Gasteiger partial charge in [-0.25, -0.2) is 9.59 Å². The number of methoxy groups -OCH3 is 1. The maximum absolute atomic E-state index is 11.9. The van der Waals surface area contributed by atoms with Crippen LogP contribution < -0.4 is 10.5 Å². The van der Waals surface area contributed by atoms with Crippen molar-refractivity contribution in [1.29, 1.82) is 0 Å². The maximum Gasteiger partial charge on any atom is 0.338 e. The predicted molar refractivity (Wildman–Crippen MR) is 80.2 cm³/mol. The Kier molecular flexibility index (Phi) is 3.44. The molecule has 2 heterocycles. The van der Waals surface area contributed by atoms with E-state index in [9.17, 15) is 14.4 Å². The molecule has 0 bridgehead atoms. The molecule has 6 heteroatoms. The quantitative estimate of drug-likeness (QED) is 0.593. The fraction of sp³-hybridized carbons (Fsp3) is 0.312. The average molecular weight is 301 g/mol. The van der Waals surface area contributed by atoms with Gasteiger partial charge >= 0.3 is 11.6 Å². The molecule has 0 radical (unpaired) electrons. The Balaban J connectivity index is 2.30. The number of carbonyl (C=O) groups is 2. The molecule has 22 heavy (non-hydrogen) atoms. The number of benzene rings is 1. The first-order valence-electron chi connectivity index (χ1n) is 6.98. The molecular formula is C16H15NO5. The molecule has 6 nitrogen and oxygen atoms in total. The van der Waals surface area contributed by atoms with E-state index in [0.717, 1.165) is 30.2 Å². The molecular weight excluding hydrogens is 286 g/mol. The molecule has 0 spiro atoms. The van der Waals surface area contributed by atoms with Gasteiger partial charge < -0.3 is 14.1 Å². The van der Waals surface area contributed by atoms with Crippen molar-refractivity contribution in [2.75, 3.05) is 18.6 Å². The zero-order valence-electron chi connectivity index (χ0n) is 12.3. The van der Waals surface area contributed by atoms with Crippen LogP contribution >= 0.6 is 0 Å². The number of anilines is 1. The molecule has 1 amide bonds.